The van der Waals surface area contributed by atoms with Crippen molar-refractivity contribution in [2.75, 3.05) is 7.11 Å². The molecule has 1 heterocycles. The van der Waals surface area contributed by atoms with Gasteiger partial charge in [-0.1, -0.05) is 17.7 Å². The van der Waals surface area contributed by atoms with Crippen LogP contribution in [0, 0.1) is 13.8 Å². The van der Waals surface area contributed by atoms with Crippen molar-refractivity contribution in [3.63, 3.8) is 0 Å². The number of ketones is 1. The molecule has 0 aliphatic carbocycles. The van der Waals surface area contributed by atoms with E-state index in [-0.39, 0.29) is 5.78 Å². The summed E-state index contributed by atoms with van der Waals surface area (Å²) in [5.41, 5.74) is 3.47. The molecular formula is C16H17NO2. The number of nitrogens with zero attached hydrogens (tertiary/aromatic N) is 1. The van der Waals surface area contributed by atoms with Gasteiger partial charge in [-0.05, 0) is 32.0 Å². The van der Waals surface area contributed by atoms with Gasteiger partial charge in [-0.15, -0.1) is 0 Å². The van der Waals surface area contributed by atoms with Crippen molar-refractivity contribution < 1.29 is 9.53 Å². The summed E-state index contributed by atoms with van der Waals surface area (Å²) >= 11 is 0. The topological polar surface area (TPSA) is 39.2 Å². The Hall–Kier alpha value is -2.16. The predicted octanol–water partition coefficient (Wildman–Crippen LogP) is 3.13. The van der Waals surface area contributed by atoms with Crippen molar-refractivity contribution in [1.82, 2.24) is 4.98 Å². The van der Waals surface area contributed by atoms with E-state index in [9.17, 15) is 4.79 Å². The molecule has 2 aromatic rings. The normalized spacial score (nSPS) is 10.3. The third kappa shape index (κ3) is 2.99. The highest BCUT2D eigenvalue weighted by Gasteiger charge is 2.13. The summed E-state index contributed by atoms with van der Waals surface area (Å²) in [6.45, 7) is 3.85. The first-order valence-corrected chi connectivity index (χ1v) is 6.20. The number of hydrogen-bond acceptors (Lipinski definition) is 3. The second-order valence-electron chi connectivity index (χ2n) is 4.55. The van der Waals surface area contributed by atoms with Crippen molar-refractivity contribution in [1.29, 1.82) is 0 Å². The molecule has 0 N–H and O–H groups in total. The minimum Gasteiger partial charge on any atom is -0.496 e. The molecule has 0 fully saturated rings. The lowest BCUT2D eigenvalue weighted by Gasteiger charge is -2.09. The van der Waals surface area contributed by atoms with Gasteiger partial charge in [-0.3, -0.25) is 9.78 Å². The lowest BCUT2D eigenvalue weighted by Crippen LogP contribution is -2.07. The Labute approximate surface area is 113 Å². The van der Waals surface area contributed by atoms with E-state index in [0.717, 1.165) is 22.6 Å². The highest BCUT2D eigenvalue weighted by Crippen LogP contribution is 2.21. The van der Waals surface area contributed by atoms with Crippen LogP contribution >= 0.6 is 0 Å². The molecule has 3 heteroatoms. The number of rotatable bonds is 4. The van der Waals surface area contributed by atoms with Crippen molar-refractivity contribution >= 4 is 5.78 Å². The van der Waals surface area contributed by atoms with Crippen LogP contribution in [0.25, 0.3) is 0 Å². The van der Waals surface area contributed by atoms with Gasteiger partial charge in [0.1, 0.15) is 5.75 Å². The van der Waals surface area contributed by atoms with Gasteiger partial charge in [0.2, 0.25) is 0 Å². The molecule has 3 nitrogen and oxygen atoms in total. The standard InChI is InChI=1S/C16H17NO2/c1-11-6-7-16(19-3)13(9-11)10-15(18)14-5-4-8-17-12(14)2/h4-9H,10H2,1-3H3. The van der Waals surface area contributed by atoms with E-state index in [4.69, 9.17) is 4.74 Å². The minimum atomic E-state index is 0.0644. The Balaban J connectivity index is 2.29. The molecule has 0 spiro atoms. The largest absolute Gasteiger partial charge is 0.496 e. The molecule has 98 valence electrons. The van der Waals surface area contributed by atoms with Gasteiger partial charge in [-0.2, -0.15) is 0 Å². The van der Waals surface area contributed by atoms with Crippen molar-refractivity contribution in [3.05, 3.63) is 58.9 Å². The molecule has 0 atom stereocenters. The Kier molecular flexibility index (Phi) is 3.95. The molecular weight excluding hydrogens is 238 g/mol. The molecule has 0 radical (unpaired) electrons. The first kappa shape index (κ1) is 13.3. The quantitative estimate of drug-likeness (QED) is 0.788. The SMILES string of the molecule is COc1ccc(C)cc1CC(=O)c1cccnc1C. The number of methoxy groups -OCH3 is 1. The Bertz CT molecular complexity index is 605. The van der Waals surface area contributed by atoms with Gasteiger partial charge >= 0.3 is 0 Å². The molecule has 19 heavy (non-hydrogen) atoms. The van der Waals surface area contributed by atoms with Crippen molar-refractivity contribution in [2.45, 2.75) is 20.3 Å². The Morgan fingerprint density at radius 3 is 2.74 bits per heavy atom. The van der Waals surface area contributed by atoms with Gasteiger partial charge < -0.3 is 4.74 Å². The fourth-order valence-corrected chi connectivity index (χ4v) is 2.09. The number of benzene rings is 1. The predicted molar refractivity (Wildman–Crippen MR) is 74.7 cm³/mol. The fourth-order valence-electron chi connectivity index (χ4n) is 2.09. The third-order valence-electron chi connectivity index (χ3n) is 3.09. The Morgan fingerprint density at radius 1 is 1.26 bits per heavy atom. The molecule has 0 unspecified atom stereocenters. The van der Waals surface area contributed by atoms with Crippen LogP contribution in [-0.2, 0) is 6.42 Å². The summed E-state index contributed by atoms with van der Waals surface area (Å²) in [7, 11) is 1.62. The third-order valence-corrected chi connectivity index (χ3v) is 3.09. The van der Waals surface area contributed by atoms with Crippen LogP contribution in [0.4, 0.5) is 0 Å². The summed E-state index contributed by atoms with van der Waals surface area (Å²) in [6.07, 6.45) is 2.02. The maximum absolute atomic E-state index is 12.3. The summed E-state index contributed by atoms with van der Waals surface area (Å²) in [6, 6.07) is 9.46. The summed E-state index contributed by atoms with van der Waals surface area (Å²) in [5.74, 6) is 0.815. The first-order valence-electron chi connectivity index (χ1n) is 6.20. The monoisotopic (exact) mass is 255 g/mol. The van der Waals surface area contributed by atoms with Crippen LogP contribution in [0.2, 0.25) is 0 Å². The molecule has 2 rings (SSSR count). The lowest BCUT2D eigenvalue weighted by molar-refractivity contribution is 0.0991. The summed E-state index contributed by atoms with van der Waals surface area (Å²) < 4.78 is 5.30. The maximum Gasteiger partial charge on any atom is 0.169 e. The van der Waals surface area contributed by atoms with Crippen LogP contribution in [0.1, 0.15) is 27.2 Å². The highest BCUT2D eigenvalue weighted by atomic mass is 16.5. The minimum absolute atomic E-state index is 0.0644. The summed E-state index contributed by atoms with van der Waals surface area (Å²) in [5, 5.41) is 0. The lowest BCUT2D eigenvalue weighted by atomic mass is 10.00. The number of carbonyl (C=O) groups is 1. The number of aryl methyl sites for hydroxylation is 2. The first-order chi connectivity index (χ1) is 9.11. The summed E-state index contributed by atoms with van der Waals surface area (Å²) in [4.78, 5) is 16.5. The van der Waals surface area contributed by atoms with E-state index in [1.807, 2.05) is 38.1 Å². The zero-order valence-electron chi connectivity index (χ0n) is 11.4. The highest BCUT2D eigenvalue weighted by molar-refractivity contribution is 5.98. The number of aromatic nitrogens is 1. The average molecular weight is 255 g/mol. The molecule has 0 aliphatic rings. The van der Waals surface area contributed by atoms with Gasteiger partial charge in [-0.25, -0.2) is 0 Å². The molecule has 0 aliphatic heterocycles. The molecule has 0 saturated carbocycles. The smallest absolute Gasteiger partial charge is 0.169 e. The number of carbonyl (C=O) groups excluding carboxylic acids is 1. The van der Waals surface area contributed by atoms with Crippen molar-refractivity contribution in [3.8, 4) is 5.75 Å². The molecule has 0 bridgehead atoms. The molecule has 1 aromatic heterocycles. The van der Waals surface area contributed by atoms with Crippen LogP contribution in [-0.4, -0.2) is 17.9 Å². The van der Waals surface area contributed by atoms with Crippen LogP contribution in [0.15, 0.2) is 36.5 Å². The number of pyridine rings is 1. The van der Waals surface area contributed by atoms with E-state index in [2.05, 4.69) is 4.98 Å². The van der Waals surface area contributed by atoms with Gasteiger partial charge in [0.15, 0.2) is 5.78 Å². The maximum atomic E-state index is 12.3. The van der Waals surface area contributed by atoms with E-state index < -0.39 is 0 Å². The van der Waals surface area contributed by atoms with E-state index in [1.165, 1.54) is 0 Å². The van der Waals surface area contributed by atoms with Crippen LogP contribution in [0.3, 0.4) is 0 Å². The number of Topliss-reactive ketones (excluding diaryl/α,β-unsaturated/α-hetero) is 1. The second kappa shape index (κ2) is 5.65. The fraction of sp³-hybridized carbons (Fsp3) is 0.250. The van der Waals surface area contributed by atoms with Crippen molar-refractivity contribution in [2.24, 2.45) is 0 Å². The Morgan fingerprint density at radius 2 is 2.05 bits per heavy atom. The van der Waals surface area contributed by atoms with Gasteiger partial charge in [0.25, 0.3) is 0 Å². The van der Waals surface area contributed by atoms with Crippen LogP contribution in [0.5, 0.6) is 5.75 Å². The van der Waals surface area contributed by atoms with Gasteiger partial charge in [0.05, 0.1) is 7.11 Å². The number of hydrogen-bond donors (Lipinski definition) is 0. The number of ether oxygens (including phenoxy) is 1. The average Bonchev–Trinajstić information content (AvgIpc) is 2.39. The second-order valence-corrected chi connectivity index (χ2v) is 4.55. The van der Waals surface area contributed by atoms with E-state index in [1.54, 1.807) is 19.4 Å². The van der Waals surface area contributed by atoms with E-state index >= 15 is 0 Å². The molecule has 0 amide bonds. The molecule has 0 saturated heterocycles. The zero-order chi connectivity index (χ0) is 13.8. The molecule has 1 aromatic carbocycles. The van der Waals surface area contributed by atoms with E-state index in [0.29, 0.717) is 12.0 Å². The van der Waals surface area contributed by atoms with Crippen LogP contribution < -0.4 is 4.74 Å². The van der Waals surface area contributed by atoms with Gasteiger partial charge in [0, 0.05) is 29.4 Å². The zero-order valence-corrected chi connectivity index (χ0v) is 11.4.